The third-order valence-electron chi connectivity index (χ3n) is 5.85. The van der Waals surface area contributed by atoms with E-state index in [4.69, 9.17) is 4.42 Å². The van der Waals surface area contributed by atoms with E-state index >= 15 is 0 Å². The van der Waals surface area contributed by atoms with Gasteiger partial charge in [0.2, 0.25) is 17.7 Å². The molecule has 3 aromatic rings. The van der Waals surface area contributed by atoms with Crippen LogP contribution < -0.4 is 0 Å². The number of carbonyl (C=O) groups excluding carboxylic acids is 1. The van der Waals surface area contributed by atoms with Crippen LogP contribution in [-0.2, 0) is 17.8 Å². The number of carbonyl (C=O) groups is 1. The Kier molecular flexibility index (Phi) is 6.15. The Labute approximate surface area is 181 Å². The molecule has 1 aliphatic rings. The minimum absolute atomic E-state index is 0.0578. The normalized spacial score (nSPS) is 14.9. The summed E-state index contributed by atoms with van der Waals surface area (Å²) in [7, 11) is 0. The van der Waals surface area contributed by atoms with E-state index in [1.54, 1.807) is 30.7 Å². The van der Waals surface area contributed by atoms with Crippen LogP contribution in [0.4, 0.5) is 4.39 Å². The average molecular weight is 426 g/mol. The van der Waals surface area contributed by atoms with E-state index in [1.807, 2.05) is 11.0 Å². The first-order valence-electron chi connectivity index (χ1n) is 10.9. The van der Waals surface area contributed by atoms with E-state index in [-0.39, 0.29) is 24.2 Å². The van der Waals surface area contributed by atoms with Crippen molar-refractivity contribution < 1.29 is 13.6 Å². The number of piperidine rings is 1. The molecule has 1 amide bonds. The highest BCUT2D eigenvalue weighted by molar-refractivity contribution is 5.76. The first-order valence-corrected chi connectivity index (χ1v) is 10.9. The highest BCUT2D eigenvalue weighted by atomic mass is 19.1. The number of hydrogen-bond acceptors (Lipinski definition) is 5. The minimum atomic E-state index is -0.230. The van der Waals surface area contributed by atoms with Gasteiger partial charge in [-0.2, -0.15) is 5.10 Å². The third-order valence-corrected chi connectivity index (χ3v) is 5.85. The zero-order valence-electron chi connectivity index (χ0n) is 18.3. The summed E-state index contributed by atoms with van der Waals surface area (Å²) in [5.41, 5.74) is 3.23. The van der Waals surface area contributed by atoms with Gasteiger partial charge in [0.05, 0.1) is 5.69 Å². The Morgan fingerprint density at radius 2 is 1.97 bits per heavy atom. The summed E-state index contributed by atoms with van der Waals surface area (Å²) in [5.74, 6) is 1.27. The lowest BCUT2D eigenvalue weighted by Crippen LogP contribution is -2.40. The second-order valence-electron chi connectivity index (χ2n) is 8.21. The number of rotatable bonds is 6. The summed E-state index contributed by atoms with van der Waals surface area (Å²) in [4.78, 5) is 14.9. The topological polar surface area (TPSA) is 77.1 Å². The molecular weight excluding hydrogens is 397 g/mol. The molecule has 0 radical (unpaired) electrons. The third kappa shape index (κ3) is 4.68. The van der Waals surface area contributed by atoms with Crippen LogP contribution in [-0.4, -0.2) is 43.9 Å². The van der Waals surface area contributed by atoms with Crippen molar-refractivity contribution in [3.05, 3.63) is 53.1 Å². The number of hydrogen-bond donors (Lipinski definition) is 0. The van der Waals surface area contributed by atoms with Crippen molar-refractivity contribution >= 4 is 5.91 Å². The molecule has 164 valence electrons. The summed E-state index contributed by atoms with van der Waals surface area (Å²) in [6.07, 6.45) is 3.42. The van der Waals surface area contributed by atoms with E-state index in [0.29, 0.717) is 30.4 Å². The highest BCUT2D eigenvalue weighted by Crippen LogP contribution is 2.27. The van der Waals surface area contributed by atoms with Crippen LogP contribution in [0.2, 0.25) is 0 Å². The largest absolute Gasteiger partial charge is 0.425 e. The van der Waals surface area contributed by atoms with Gasteiger partial charge in [0.25, 0.3) is 0 Å². The fourth-order valence-corrected chi connectivity index (χ4v) is 4.08. The van der Waals surface area contributed by atoms with Gasteiger partial charge in [-0.25, -0.2) is 4.39 Å². The van der Waals surface area contributed by atoms with Crippen LogP contribution in [0.1, 0.15) is 55.1 Å². The molecule has 31 heavy (non-hydrogen) atoms. The van der Waals surface area contributed by atoms with Crippen LogP contribution in [0.3, 0.4) is 0 Å². The minimum Gasteiger partial charge on any atom is -0.425 e. The zero-order valence-corrected chi connectivity index (χ0v) is 18.3. The molecule has 1 aromatic carbocycles. The Morgan fingerprint density at radius 1 is 1.19 bits per heavy atom. The van der Waals surface area contributed by atoms with Crippen LogP contribution in [0.15, 0.2) is 28.7 Å². The van der Waals surface area contributed by atoms with Crippen LogP contribution in [0, 0.1) is 19.7 Å². The quantitative estimate of drug-likeness (QED) is 0.596. The fraction of sp³-hybridized carbons (Fsp3) is 0.478. The average Bonchev–Trinajstić information content (AvgIpc) is 3.37. The number of amides is 1. The van der Waals surface area contributed by atoms with Gasteiger partial charge < -0.3 is 9.32 Å². The summed E-state index contributed by atoms with van der Waals surface area (Å²) < 4.78 is 21.0. The smallest absolute Gasteiger partial charge is 0.244 e. The van der Waals surface area contributed by atoms with Crippen LogP contribution >= 0.6 is 0 Å². The molecule has 8 heteroatoms. The maximum absolute atomic E-state index is 13.6. The number of nitrogens with zero attached hydrogens (tertiary/aromatic N) is 5. The molecule has 0 aliphatic carbocycles. The molecule has 0 N–H and O–H groups in total. The Bertz CT molecular complexity index is 1070. The molecule has 0 spiro atoms. The van der Waals surface area contributed by atoms with E-state index in [2.05, 4.69) is 22.2 Å². The highest BCUT2D eigenvalue weighted by Gasteiger charge is 2.27. The number of halogens is 1. The van der Waals surface area contributed by atoms with Gasteiger partial charge in [0, 0.05) is 37.2 Å². The van der Waals surface area contributed by atoms with Gasteiger partial charge in [0.15, 0.2) is 0 Å². The molecule has 0 saturated carbocycles. The lowest BCUT2D eigenvalue weighted by atomic mass is 9.97. The van der Waals surface area contributed by atoms with E-state index in [1.165, 1.54) is 6.07 Å². The standard InChI is InChI=1S/C23H28FN5O2/c1-4-5-19-13-21(18-6-7-20(24)15(2)12-18)27-29(19)14-22(30)28-10-8-17(9-11-28)23-26-25-16(3)31-23/h6-7,12-13,17H,4-5,8-11,14H2,1-3H3. The Balaban J connectivity index is 1.45. The van der Waals surface area contributed by atoms with Crippen molar-refractivity contribution in [3.63, 3.8) is 0 Å². The molecule has 4 rings (SSSR count). The number of aryl methyl sites for hydroxylation is 3. The number of aromatic nitrogens is 4. The maximum Gasteiger partial charge on any atom is 0.244 e. The molecule has 1 saturated heterocycles. The molecule has 0 unspecified atom stereocenters. The van der Waals surface area contributed by atoms with Crippen molar-refractivity contribution in [1.29, 1.82) is 0 Å². The molecule has 3 heterocycles. The van der Waals surface area contributed by atoms with Crippen molar-refractivity contribution in [3.8, 4) is 11.3 Å². The van der Waals surface area contributed by atoms with E-state index < -0.39 is 0 Å². The first kappa shape index (κ1) is 21.2. The van der Waals surface area contributed by atoms with E-state index in [0.717, 1.165) is 42.6 Å². The second-order valence-corrected chi connectivity index (χ2v) is 8.21. The van der Waals surface area contributed by atoms with E-state index in [9.17, 15) is 9.18 Å². The predicted molar refractivity (Wildman–Crippen MR) is 114 cm³/mol. The van der Waals surface area contributed by atoms with Crippen molar-refractivity contribution in [1.82, 2.24) is 24.9 Å². The van der Waals surface area contributed by atoms with Gasteiger partial charge in [-0.1, -0.05) is 13.3 Å². The van der Waals surface area contributed by atoms with Crippen molar-refractivity contribution in [2.24, 2.45) is 0 Å². The molecular formula is C23H28FN5O2. The van der Waals surface area contributed by atoms with Gasteiger partial charge in [0.1, 0.15) is 12.4 Å². The molecule has 1 fully saturated rings. The Morgan fingerprint density at radius 3 is 2.61 bits per heavy atom. The number of likely N-dealkylation sites (tertiary alicyclic amines) is 1. The summed E-state index contributed by atoms with van der Waals surface area (Å²) in [6.45, 7) is 7.17. The molecule has 2 aromatic heterocycles. The first-order chi connectivity index (χ1) is 14.9. The lowest BCUT2D eigenvalue weighted by molar-refractivity contribution is -0.133. The van der Waals surface area contributed by atoms with Gasteiger partial charge >= 0.3 is 0 Å². The van der Waals surface area contributed by atoms with Gasteiger partial charge in [-0.3, -0.25) is 9.48 Å². The predicted octanol–water partition coefficient (Wildman–Crippen LogP) is 4.05. The summed E-state index contributed by atoms with van der Waals surface area (Å²) >= 11 is 0. The monoisotopic (exact) mass is 425 g/mol. The molecule has 0 bridgehead atoms. The number of benzene rings is 1. The van der Waals surface area contributed by atoms with Crippen molar-refractivity contribution in [2.75, 3.05) is 13.1 Å². The second kappa shape index (κ2) is 8.99. The summed E-state index contributed by atoms with van der Waals surface area (Å²) in [5, 5.41) is 12.7. The molecule has 0 atom stereocenters. The van der Waals surface area contributed by atoms with Crippen LogP contribution in [0.25, 0.3) is 11.3 Å². The SMILES string of the molecule is CCCc1cc(-c2ccc(F)c(C)c2)nn1CC(=O)N1CCC(c2nnc(C)o2)CC1. The van der Waals surface area contributed by atoms with Gasteiger partial charge in [-0.15, -0.1) is 10.2 Å². The zero-order chi connectivity index (χ0) is 22.0. The lowest BCUT2D eigenvalue weighted by Gasteiger charge is -2.30. The van der Waals surface area contributed by atoms with Crippen LogP contribution in [0.5, 0.6) is 0 Å². The van der Waals surface area contributed by atoms with Crippen molar-refractivity contribution in [2.45, 2.75) is 58.9 Å². The fourth-order valence-electron chi connectivity index (χ4n) is 4.08. The maximum atomic E-state index is 13.6. The Hall–Kier alpha value is -3.03. The molecule has 7 nitrogen and oxygen atoms in total. The molecule has 1 aliphatic heterocycles. The summed E-state index contributed by atoms with van der Waals surface area (Å²) in [6, 6.07) is 7.00. The van der Waals surface area contributed by atoms with Gasteiger partial charge in [-0.05, 0) is 56.0 Å².